The Hall–Kier alpha value is -3.41. The molecule has 0 spiro atoms. The average Bonchev–Trinajstić information content (AvgIpc) is 2.68. The quantitative estimate of drug-likeness (QED) is 0.538. The zero-order chi connectivity index (χ0) is 19.9. The predicted octanol–water partition coefficient (Wildman–Crippen LogP) is 5.06. The summed E-state index contributed by atoms with van der Waals surface area (Å²) in [6, 6.07) is 19.6. The maximum absolute atomic E-state index is 11.3. The fraction of sp³-hybridized carbons (Fsp3) is 0.227. The number of anilines is 4. The minimum absolute atomic E-state index is 0.106. The van der Waals surface area contributed by atoms with E-state index in [9.17, 15) is 4.79 Å². The standard InChI is InChI=1S/C22H25N5O/c1-4-15(2)23-20-14-21(27-22(26-20)17-9-6-5-7-10-17)25-19-12-8-11-18(13-19)24-16(3)28/h5-15H,4H2,1-3H3,(H,24,28)(H2,23,25,26,27). The lowest BCUT2D eigenvalue weighted by Gasteiger charge is -2.15. The van der Waals surface area contributed by atoms with Crippen molar-refractivity contribution in [3.05, 3.63) is 60.7 Å². The molecule has 0 aliphatic heterocycles. The second kappa shape index (κ2) is 8.99. The van der Waals surface area contributed by atoms with Gasteiger partial charge in [-0.15, -0.1) is 0 Å². The zero-order valence-corrected chi connectivity index (χ0v) is 16.4. The van der Waals surface area contributed by atoms with Crippen LogP contribution in [0.3, 0.4) is 0 Å². The number of benzene rings is 2. The SMILES string of the molecule is CCC(C)Nc1cc(Nc2cccc(NC(C)=O)c2)nc(-c2ccccc2)n1. The van der Waals surface area contributed by atoms with Crippen molar-refractivity contribution in [1.29, 1.82) is 0 Å². The Morgan fingerprint density at radius 2 is 1.68 bits per heavy atom. The molecular weight excluding hydrogens is 350 g/mol. The van der Waals surface area contributed by atoms with E-state index < -0.39 is 0 Å². The van der Waals surface area contributed by atoms with Gasteiger partial charge in [0.1, 0.15) is 11.6 Å². The number of carbonyl (C=O) groups excluding carboxylic acids is 1. The summed E-state index contributed by atoms with van der Waals surface area (Å²) in [6.45, 7) is 5.74. The van der Waals surface area contributed by atoms with E-state index in [1.165, 1.54) is 6.92 Å². The van der Waals surface area contributed by atoms with Gasteiger partial charge in [0.15, 0.2) is 5.82 Å². The molecule has 0 saturated heterocycles. The van der Waals surface area contributed by atoms with Gasteiger partial charge in [0.25, 0.3) is 0 Å². The third-order valence-electron chi connectivity index (χ3n) is 4.22. The molecule has 0 aliphatic rings. The number of rotatable bonds is 7. The van der Waals surface area contributed by atoms with Gasteiger partial charge < -0.3 is 16.0 Å². The molecule has 144 valence electrons. The van der Waals surface area contributed by atoms with Crippen LogP contribution < -0.4 is 16.0 Å². The van der Waals surface area contributed by atoms with Crippen LogP contribution in [0.25, 0.3) is 11.4 Å². The summed E-state index contributed by atoms with van der Waals surface area (Å²) in [5.74, 6) is 1.99. The Morgan fingerprint density at radius 3 is 2.39 bits per heavy atom. The van der Waals surface area contributed by atoms with Crippen molar-refractivity contribution in [2.75, 3.05) is 16.0 Å². The zero-order valence-electron chi connectivity index (χ0n) is 16.4. The van der Waals surface area contributed by atoms with Gasteiger partial charge in [-0.05, 0) is 31.5 Å². The average molecular weight is 375 g/mol. The van der Waals surface area contributed by atoms with Gasteiger partial charge in [0.05, 0.1) is 0 Å². The molecule has 1 amide bonds. The van der Waals surface area contributed by atoms with Crippen LogP contribution in [0.1, 0.15) is 27.2 Å². The van der Waals surface area contributed by atoms with Gasteiger partial charge in [-0.25, -0.2) is 9.97 Å². The second-order valence-electron chi connectivity index (χ2n) is 6.67. The highest BCUT2D eigenvalue weighted by atomic mass is 16.1. The van der Waals surface area contributed by atoms with Crippen LogP contribution in [0.4, 0.5) is 23.0 Å². The molecule has 3 N–H and O–H groups in total. The van der Waals surface area contributed by atoms with Crippen LogP contribution in [0.15, 0.2) is 60.7 Å². The van der Waals surface area contributed by atoms with E-state index in [1.54, 1.807) is 0 Å². The molecule has 2 aromatic carbocycles. The lowest BCUT2D eigenvalue weighted by Crippen LogP contribution is -2.15. The number of amides is 1. The minimum Gasteiger partial charge on any atom is -0.367 e. The number of nitrogens with one attached hydrogen (secondary N) is 3. The van der Waals surface area contributed by atoms with E-state index in [4.69, 9.17) is 0 Å². The summed E-state index contributed by atoms with van der Waals surface area (Å²) in [7, 11) is 0. The number of aromatic nitrogens is 2. The summed E-state index contributed by atoms with van der Waals surface area (Å²) in [4.78, 5) is 20.6. The molecule has 1 unspecified atom stereocenters. The van der Waals surface area contributed by atoms with Crippen molar-refractivity contribution in [2.24, 2.45) is 0 Å². The summed E-state index contributed by atoms with van der Waals surface area (Å²) >= 11 is 0. The van der Waals surface area contributed by atoms with Crippen molar-refractivity contribution >= 4 is 28.9 Å². The lowest BCUT2D eigenvalue weighted by atomic mass is 10.2. The van der Waals surface area contributed by atoms with Crippen molar-refractivity contribution < 1.29 is 4.79 Å². The molecule has 0 aliphatic carbocycles. The summed E-state index contributed by atoms with van der Waals surface area (Å²) < 4.78 is 0. The fourth-order valence-corrected chi connectivity index (χ4v) is 2.68. The van der Waals surface area contributed by atoms with E-state index in [-0.39, 0.29) is 5.91 Å². The molecule has 1 heterocycles. The van der Waals surface area contributed by atoms with Crippen LogP contribution in [-0.4, -0.2) is 21.9 Å². The molecule has 3 rings (SSSR count). The van der Waals surface area contributed by atoms with E-state index in [0.717, 1.165) is 29.2 Å². The number of hydrogen-bond acceptors (Lipinski definition) is 5. The molecular formula is C22H25N5O. The maximum atomic E-state index is 11.3. The summed E-state index contributed by atoms with van der Waals surface area (Å²) in [6.07, 6.45) is 0.992. The van der Waals surface area contributed by atoms with Crippen LogP contribution in [0.5, 0.6) is 0 Å². The number of nitrogens with zero attached hydrogens (tertiary/aromatic N) is 2. The molecule has 6 heteroatoms. The summed E-state index contributed by atoms with van der Waals surface area (Å²) in [5, 5.41) is 9.52. The number of hydrogen-bond donors (Lipinski definition) is 3. The van der Waals surface area contributed by atoms with Gasteiger partial charge in [-0.3, -0.25) is 4.79 Å². The predicted molar refractivity (Wildman–Crippen MR) is 115 cm³/mol. The Balaban J connectivity index is 1.93. The molecule has 0 fully saturated rings. The van der Waals surface area contributed by atoms with E-state index in [1.807, 2.05) is 60.7 Å². The van der Waals surface area contributed by atoms with Gasteiger partial charge in [-0.2, -0.15) is 0 Å². The van der Waals surface area contributed by atoms with Crippen LogP contribution in [0, 0.1) is 0 Å². The molecule has 28 heavy (non-hydrogen) atoms. The van der Waals surface area contributed by atoms with Gasteiger partial charge in [0.2, 0.25) is 5.91 Å². The first-order chi connectivity index (χ1) is 13.5. The summed E-state index contributed by atoms with van der Waals surface area (Å²) in [5.41, 5.74) is 2.51. The second-order valence-corrected chi connectivity index (χ2v) is 6.67. The molecule has 0 saturated carbocycles. The molecule has 0 radical (unpaired) electrons. The minimum atomic E-state index is -0.106. The number of carbonyl (C=O) groups is 1. The Labute approximate surface area is 165 Å². The van der Waals surface area contributed by atoms with Gasteiger partial charge in [-0.1, -0.05) is 43.3 Å². The van der Waals surface area contributed by atoms with E-state index in [2.05, 4.69) is 39.8 Å². The first-order valence-corrected chi connectivity index (χ1v) is 9.39. The monoisotopic (exact) mass is 375 g/mol. The highest BCUT2D eigenvalue weighted by Gasteiger charge is 2.09. The highest BCUT2D eigenvalue weighted by molar-refractivity contribution is 5.89. The van der Waals surface area contributed by atoms with Gasteiger partial charge in [0, 0.05) is 36.0 Å². The molecule has 6 nitrogen and oxygen atoms in total. The van der Waals surface area contributed by atoms with Crippen LogP contribution in [0.2, 0.25) is 0 Å². The Kier molecular flexibility index (Phi) is 6.22. The first-order valence-electron chi connectivity index (χ1n) is 9.39. The molecule has 1 aromatic heterocycles. The van der Waals surface area contributed by atoms with E-state index in [0.29, 0.717) is 17.7 Å². The van der Waals surface area contributed by atoms with Crippen molar-refractivity contribution in [3.63, 3.8) is 0 Å². The lowest BCUT2D eigenvalue weighted by molar-refractivity contribution is -0.114. The maximum Gasteiger partial charge on any atom is 0.221 e. The first kappa shape index (κ1) is 19.4. The van der Waals surface area contributed by atoms with Crippen molar-refractivity contribution in [3.8, 4) is 11.4 Å². The molecule has 1 atom stereocenters. The highest BCUT2D eigenvalue weighted by Crippen LogP contribution is 2.24. The third-order valence-corrected chi connectivity index (χ3v) is 4.22. The van der Waals surface area contributed by atoms with Gasteiger partial charge >= 0.3 is 0 Å². The smallest absolute Gasteiger partial charge is 0.221 e. The van der Waals surface area contributed by atoms with E-state index >= 15 is 0 Å². The Bertz CT molecular complexity index is 943. The van der Waals surface area contributed by atoms with Crippen LogP contribution in [-0.2, 0) is 4.79 Å². The third kappa shape index (κ3) is 5.30. The van der Waals surface area contributed by atoms with Crippen LogP contribution >= 0.6 is 0 Å². The molecule has 3 aromatic rings. The van der Waals surface area contributed by atoms with Crippen molar-refractivity contribution in [1.82, 2.24) is 9.97 Å². The van der Waals surface area contributed by atoms with Crippen molar-refractivity contribution in [2.45, 2.75) is 33.2 Å². The molecule has 0 bridgehead atoms. The fourth-order valence-electron chi connectivity index (χ4n) is 2.68. The Morgan fingerprint density at radius 1 is 0.964 bits per heavy atom. The normalized spacial score (nSPS) is 11.5. The largest absolute Gasteiger partial charge is 0.367 e. The topological polar surface area (TPSA) is 78.9 Å².